The Labute approximate surface area is 121 Å². The molecule has 0 amide bonds. The van der Waals surface area contributed by atoms with Crippen LogP contribution in [0.5, 0.6) is 0 Å². The Bertz CT molecular complexity index is 598. The molecule has 0 radical (unpaired) electrons. The topological polar surface area (TPSA) is 29.9 Å². The van der Waals surface area contributed by atoms with Gasteiger partial charge in [0.2, 0.25) is 0 Å². The normalized spacial score (nSPS) is 12.1. The van der Waals surface area contributed by atoms with Gasteiger partial charge in [-0.3, -0.25) is 4.68 Å². The number of rotatable bonds is 4. The molecule has 2 aromatic rings. The van der Waals surface area contributed by atoms with Gasteiger partial charge < -0.3 is 5.32 Å². The number of halogens is 3. The number of hydrogen-bond acceptors (Lipinski definition) is 2. The second-order valence-electron chi connectivity index (χ2n) is 5.29. The van der Waals surface area contributed by atoms with Crippen molar-refractivity contribution in [1.82, 2.24) is 15.1 Å². The van der Waals surface area contributed by atoms with Crippen LogP contribution in [0.4, 0.5) is 13.2 Å². The van der Waals surface area contributed by atoms with Gasteiger partial charge in [-0.2, -0.15) is 18.3 Å². The molecular formula is C15H18F3N3. The van der Waals surface area contributed by atoms with Gasteiger partial charge in [0, 0.05) is 37.0 Å². The average Bonchev–Trinajstić information content (AvgIpc) is 2.77. The number of aromatic nitrogens is 2. The largest absolute Gasteiger partial charge is 0.416 e. The lowest BCUT2D eigenvalue weighted by molar-refractivity contribution is -0.137. The highest BCUT2D eigenvalue weighted by Gasteiger charge is 2.30. The van der Waals surface area contributed by atoms with E-state index >= 15 is 0 Å². The first-order chi connectivity index (χ1) is 9.77. The molecule has 0 aliphatic heterocycles. The van der Waals surface area contributed by atoms with Crippen LogP contribution in [0.15, 0.2) is 30.5 Å². The number of benzene rings is 1. The minimum atomic E-state index is -4.31. The summed E-state index contributed by atoms with van der Waals surface area (Å²) in [4.78, 5) is 0. The first-order valence-corrected chi connectivity index (χ1v) is 6.71. The van der Waals surface area contributed by atoms with E-state index in [-0.39, 0.29) is 0 Å². The van der Waals surface area contributed by atoms with Crippen LogP contribution in [0, 0.1) is 0 Å². The molecule has 1 heterocycles. The van der Waals surface area contributed by atoms with Gasteiger partial charge in [0.1, 0.15) is 0 Å². The van der Waals surface area contributed by atoms with Crippen LogP contribution < -0.4 is 5.32 Å². The lowest BCUT2D eigenvalue weighted by atomic mass is 10.1. The smallest absolute Gasteiger partial charge is 0.310 e. The second-order valence-corrected chi connectivity index (χ2v) is 5.29. The van der Waals surface area contributed by atoms with Crippen molar-refractivity contribution in [2.24, 2.45) is 7.05 Å². The van der Waals surface area contributed by atoms with Gasteiger partial charge in [-0.05, 0) is 12.1 Å². The third-order valence-corrected chi connectivity index (χ3v) is 3.09. The summed E-state index contributed by atoms with van der Waals surface area (Å²) in [5.74, 6) is 0. The Kier molecular flexibility index (Phi) is 4.37. The molecule has 0 atom stereocenters. The van der Waals surface area contributed by atoms with Crippen LogP contribution in [0.3, 0.4) is 0 Å². The number of hydrogen-bond donors (Lipinski definition) is 1. The molecule has 21 heavy (non-hydrogen) atoms. The highest BCUT2D eigenvalue weighted by molar-refractivity contribution is 5.63. The molecule has 6 heteroatoms. The summed E-state index contributed by atoms with van der Waals surface area (Å²) in [7, 11) is 1.80. The Balaban J connectivity index is 2.29. The lowest BCUT2D eigenvalue weighted by Gasteiger charge is -2.09. The second kappa shape index (κ2) is 5.89. The monoisotopic (exact) mass is 297 g/mol. The number of alkyl halides is 3. The van der Waals surface area contributed by atoms with Crippen LogP contribution >= 0.6 is 0 Å². The predicted molar refractivity (Wildman–Crippen MR) is 75.6 cm³/mol. The van der Waals surface area contributed by atoms with E-state index in [1.165, 1.54) is 12.1 Å². The molecule has 0 saturated carbocycles. The third-order valence-electron chi connectivity index (χ3n) is 3.09. The van der Waals surface area contributed by atoms with Crippen LogP contribution in [0.25, 0.3) is 11.3 Å². The summed E-state index contributed by atoms with van der Waals surface area (Å²) in [6.45, 7) is 4.70. The standard InChI is InChI=1S/C15H18F3N3/c1-10(2)19-8-12-9-21(3)20-14(12)11-4-6-13(7-5-11)15(16,17)18/h4-7,9-10,19H,8H2,1-3H3. The lowest BCUT2D eigenvalue weighted by Crippen LogP contribution is -2.21. The zero-order chi connectivity index (χ0) is 15.6. The van der Waals surface area contributed by atoms with E-state index in [4.69, 9.17) is 0 Å². The van der Waals surface area contributed by atoms with E-state index in [1.54, 1.807) is 11.7 Å². The summed E-state index contributed by atoms with van der Waals surface area (Å²) in [6, 6.07) is 5.42. The molecule has 3 nitrogen and oxygen atoms in total. The van der Waals surface area contributed by atoms with Gasteiger partial charge in [-0.25, -0.2) is 0 Å². The molecule has 0 bridgehead atoms. The van der Waals surface area contributed by atoms with Crippen molar-refractivity contribution < 1.29 is 13.2 Å². The van der Waals surface area contributed by atoms with Crippen LogP contribution in [0.1, 0.15) is 25.0 Å². The maximum atomic E-state index is 12.6. The Morgan fingerprint density at radius 3 is 2.33 bits per heavy atom. The Morgan fingerprint density at radius 2 is 1.81 bits per heavy atom. The van der Waals surface area contributed by atoms with E-state index < -0.39 is 11.7 Å². The summed E-state index contributed by atoms with van der Waals surface area (Å²) in [5, 5.41) is 7.63. The molecule has 0 unspecified atom stereocenters. The van der Waals surface area contributed by atoms with Crippen molar-refractivity contribution in [2.45, 2.75) is 32.6 Å². The van der Waals surface area contributed by atoms with Crippen molar-refractivity contribution in [3.05, 3.63) is 41.6 Å². The van der Waals surface area contributed by atoms with Crippen molar-refractivity contribution in [3.8, 4) is 11.3 Å². The van der Waals surface area contributed by atoms with Crippen molar-refractivity contribution in [2.75, 3.05) is 0 Å². The fourth-order valence-electron chi connectivity index (χ4n) is 2.04. The fraction of sp³-hybridized carbons (Fsp3) is 0.400. The zero-order valence-electron chi connectivity index (χ0n) is 12.2. The van der Waals surface area contributed by atoms with Crippen LogP contribution in [-0.2, 0) is 19.8 Å². The summed E-state index contributed by atoms with van der Waals surface area (Å²) >= 11 is 0. The quantitative estimate of drug-likeness (QED) is 0.934. The first-order valence-electron chi connectivity index (χ1n) is 6.71. The van der Waals surface area contributed by atoms with E-state index in [0.717, 1.165) is 17.7 Å². The fourth-order valence-corrected chi connectivity index (χ4v) is 2.04. The molecule has 1 aromatic carbocycles. The highest BCUT2D eigenvalue weighted by Crippen LogP contribution is 2.31. The van der Waals surface area contributed by atoms with Crippen molar-refractivity contribution in [3.63, 3.8) is 0 Å². The third kappa shape index (κ3) is 3.85. The summed E-state index contributed by atoms with van der Waals surface area (Å²) < 4.78 is 39.4. The zero-order valence-corrected chi connectivity index (χ0v) is 12.2. The van der Waals surface area contributed by atoms with Crippen LogP contribution in [0.2, 0.25) is 0 Å². The minimum Gasteiger partial charge on any atom is -0.310 e. The highest BCUT2D eigenvalue weighted by atomic mass is 19.4. The molecule has 1 N–H and O–H groups in total. The van der Waals surface area contributed by atoms with E-state index in [2.05, 4.69) is 10.4 Å². The van der Waals surface area contributed by atoms with E-state index in [0.29, 0.717) is 23.8 Å². The molecule has 114 valence electrons. The Hall–Kier alpha value is -1.82. The van der Waals surface area contributed by atoms with Gasteiger partial charge in [0.25, 0.3) is 0 Å². The predicted octanol–water partition coefficient (Wildman–Crippen LogP) is 3.60. The molecule has 0 saturated heterocycles. The van der Waals surface area contributed by atoms with Gasteiger partial charge in [0.15, 0.2) is 0 Å². The molecule has 0 aliphatic rings. The van der Waals surface area contributed by atoms with E-state index in [9.17, 15) is 13.2 Å². The maximum absolute atomic E-state index is 12.6. The van der Waals surface area contributed by atoms with Crippen LogP contribution in [-0.4, -0.2) is 15.8 Å². The van der Waals surface area contributed by atoms with E-state index in [1.807, 2.05) is 20.0 Å². The molecular weight excluding hydrogens is 279 g/mol. The van der Waals surface area contributed by atoms with Gasteiger partial charge >= 0.3 is 6.18 Å². The maximum Gasteiger partial charge on any atom is 0.416 e. The first kappa shape index (κ1) is 15.6. The number of aryl methyl sites for hydroxylation is 1. The average molecular weight is 297 g/mol. The van der Waals surface area contributed by atoms with Gasteiger partial charge in [-0.15, -0.1) is 0 Å². The molecule has 0 aliphatic carbocycles. The van der Waals surface area contributed by atoms with Gasteiger partial charge in [-0.1, -0.05) is 26.0 Å². The Morgan fingerprint density at radius 1 is 1.19 bits per heavy atom. The summed E-state index contributed by atoms with van der Waals surface area (Å²) in [5.41, 5.74) is 1.71. The molecule has 0 spiro atoms. The molecule has 1 aromatic heterocycles. The van der Waals surface area contributed by atoms with Crippen molar-refractivity contribution in [1.29, 1.82) is 0 Å². The number of nitrogens with zero attached hydrogens (tertiary/aromatic N) is 2. The SMILES string of the molecule is CC(C)NCc1cn(C)nc1-c1ccc(C(F)(F)F)cc1. The molecule has 0 fully saturated rings. The number of nitrogens with one attached hydrogen (secondary N) is 1. The molecule has 2 rings (SSSR count). The minimum absolute atomic E-state index is 0.325. The summed E-state index contributed by atoms with van der Waals surface area (Å²) in [6.07, 6.45) is -2.44. The van der Waals surface area contributed by atoms with Gasteiger partial charge in [0.05, 0.1) is 11.3 Å². The van der Waals surface area contributed by atoms with Crippen molar-refractivity contribution >= 4 is 0 Å².